The summed E-state index contributed by atoms with van der Waals surface area (Å²) in [6.45, 7) is 5.38. The van der Waals surface area contributed by atoms with E-state index < -0.39 is 0 Å². The molecule has 184 valence electrons. The fraction of sp³-hybridized carbons (Fsp3) is 0.440. The van der Waals surface area contributed by atoms with Gasteiger partial charge in [0.25, 0.3) is 0 Å². The van der Waals surface area contributed by atoms with Crippen LogP contribution in [0.2, 0.25) is 0 Å². The van der Waals surface area contributed by atoms with Crippen LogP contribution in [0.3, 0.4) is 0 Å². The molecule has 1 fully saturated rings. The first-order valence-corrected chi connectivity index (χ1v) is 11.6. The molecule has 7 nitrogen and oxygen atoms in total. The van der Waals surface area contributed by atoms with Gasteiger partial charge in [0.2, 0.25) is 11.7 Å². The van der Waals surface area contributed by atoms with Crippen LogP contribution in [0.1, 0.15) is 30.9 Å². The van der Waals surface area contributed by atoms with E-state index in [0.29, 0.717) is 42.0 Å². The Morgan fingerprint density at radius 2 is 1.71 bits per heavy atom. The lowest BCUT2D eigenvalue weighted by molar-refractivity contribution is -0.125. The molecule has 1 aliphatic heterocycles. The molecule has 0 bridgehead atoms. The van der Waals surface area contributed by atoms with E-state index in [1.54, 1.807) is 33.5 Å². The molecule has 0 saturated carbocycles. The molecule has 1 amide bonds. The van der Waals surface area contributed by atoms with Gasteiger partial charge in [0.05, 0.1) is 27.2 Å². The number of nitrogens with zero attached hydrogens (tertiary/aromatic N) is 1. The SMILES string of the molecule is COc1cc([C@@H]2CN(C(=S)NC(C)C)C[C@H]2C(=O)NCc2ccc(F)cc2)cc(OC)c1OC. The number of likely N-dealkylation sites (tertiary alicyclic amines) is 1. The minimum absolute atomic E-state index is 0.0991. The second kappa shape index (κ2) is 11.4. The number of hydrogen-bond donors (Lipinski definition) is 2. The number of methoxy groups -OCH3 is 3. The molecule has 0 radical (unpaired) electrons. The third-order valence-electron chi connectivity index (χ3n) is 5.85. The van der Waals surface area contributed by atoms with E-state index in [2.05, 4.69) is 10.6 Å². The van der Waals surface area contributed by atoms with Gasteiger partial charge in [-0.1, -0.05) is 12.1 Å². The molecular formula is C25H32FN3O4S. The highest BCUT2D eigenvalue weighted by Gasteiger charge is 2.40. The van der Waals surface area contributed by atoms with Gasteiger partial charge < -0.3 is 29.7 Å². The Morgan fingerprint density at radius 1 is 1.09 bits per heavy atom. The Morgan fingerprint density at radius 3 is 2.24 bits per heavy atom. The predicted molar refractivity (Wildman–Crippen MR) is 133 cm³/mol. The lowest BCUT2D eigenvalue weighted by Gasteiger charge is -2.22. The molecule has 2 aromatic carbocycles. The first kappa shape index (κ1) is 25.6. The number of ether oxygens (including phenoxy) is 3. The number of hydrogen-bond acceptors (Lipinski definition) is 5. The lowest BCUT2D eigenvalue weighted by atomic mass is 9.87. The zero-order valence-corrected chi connectivity index (χ0v) is 21.0. The first-order chi connectivity index (χ1) is 16.3. The van der Waals surface area contributed by atoms with Crippen molar-refractivity contribution in [3.8, 4) is 17.2 Å². The second-order valence-electron chi connectivity index (χ2n) is 8.53. The van der Waals surface area contributed by atoms with E-state index >= 15 is 0 Å². The van der Waals surface area contributed by atoms with Crippen LogP contribution in [-0.2, 0) is 11.3 Å². The van der Waals surface area contributed by atoms with Gasteiger partial charge in [0.15, 0.2) is 16.6 Å². The van der Waals surface area contributed by atoms with E-state index in [1.807, 2.05) is 30.9 Å². The van der Waals surface area contributed by atoms with Crippen molar-refractivity contribution in [3.05, 3.63) is 53.3 Å². The summed E-state index contributed by atoms with van der Waals surface area (Å²) >= 11 is 5.60. The van der Waals surface area contributed by atoms with E-state index in [4.69, 9.17) is 26.4 Å². The minimum Gasteiger partial charge on any atom is -0.493 e. The summed E-state index contributed by atoms with van der Waals surface area (Å²) in [4.78, 5) is 15.3. The molecule has 34 heavy (non-hydrogen) atoms. The Hall–Kier alpha value is -3.07. The summed E-state index contributed by atoms with van der Waals surface area (Å²) in [5.41, 5.74) is 1.72. The van der Waals surface area contributed by atoms with Crippen molar-refractivity contribution < 1.29 is 23.4 Å². The van der Waals surface area contributed by atoms with E-state index in [9.17, 15) is 9.18 Å². The average Bonchev–Trinajstić information content (AvgIpc) is 3.28. The molecule has 3 rings (SSSR count). The van der Waals surface area contributed by atoms with E-state index in [0.717, 1.165) is 11.1 Å². The van der Waals surface area contributed by atoms with Crippen LogP contribution in [0.4, 0.5) is 4.39 Å². The maximum absolute atomic E-state index is 13.3. The van der Waals surface area contributed by atoms with Crippen LogP contribution in [0, 0.1) is 11.7 Å². The van der Waals surface area contributed by atoms with Gasteiger partial charge in [-0.2, -0.15) is 0 Å². The summed E-state index contributed by atoms with van der Waals surface area (Å²) in [6.07, 6.45) is 0. The number of carbonyl (C=O) groups excluding carboxylic acids is 1. The predicted octanol–water partition coefficient (Wildman–Crippen LogP) is 3.47. The highest BCUT2D eigenvalue weighted by atomic mass is 32.1. The van der Waals surface area contributed by atoms with E-state index in [-0.39, 0.29) is 29.6 Å². The number of amides is 1. The number of benzene rings is 2. The topological polar surface area (TPSA) is 72.1 Å². The molecule has 0 aromatic heterocycles. The Labute approximate surface area is 205 Å². The van der Waals surface area contributed by atoms with Crippen LogP contribution in [0.15, 0.2) is 36.4 Å². The number of nitrogens with one attached hydrogen (secondary N) is 2. The molecule has 2 aromatic rings. The van der Waals surface area contributed by atoms with Crippen molar-refractivity contribution >= 4 is 23.2 Å². The largest absolute Gasteiger partial charge is 0.493 e. The maximum atomic E-state index is 13.3. The molecule has 1 heterocycles. The normalized spacial score (nSPS) is 17.4. The molecule has 0 unspecified atom stereocenters. The van der Waals surface area contributed by atoms with Crippen molar-refractivity contribution in [2.24, 2.45) is 5.92 Å². The monoisotopic (exact) mass is 489 g/mol. The molecule has 9 heteroatoms. The van der Waals surface area contributed by atoms with Crippen LogP contribution in [-0.4, -0.2) is 56.4 Å². The number of thiocarbonyl (C=S) groups is 1. The van der Waals surface area contributed by atoms with Crippen LogP contribution in [0.5, 0.6) is 17.2 Å². The number of rotatable bonds is 8. The first-order valence-electron chi connectivity index (χ1n) is 11.1. The summed E-state index contributed by atoms with van der Waals surface area (Å²) in [5.74, 6) is 0.627. The smallest absolute Gasteiger partial charge is 0.225 e. The zero-order chi connectivity index (χ0) is 24.8. The highest BCUT2D eigenvalue weighted by Crippen LogP contribution is 2.43. The zero-order valence-electron chi connectivity index (χ0n) is 20.2. The average molecular weight is 490 g/mol. The third kappa shape index (κ3) is 5.88. The van der Waals surface area contributed by atoms with Crippen molar-refractivity contribution in [2.75, 3.05) is 34.4 Å². The fourth-order valence-electron chi connectivity index (χ4n) is 4.15. The maximum Gasteiger partial charge on any atom is 0.225 e. The van der Waals surface area contributed by atoms with Gasteiger partial charge in [0.1, 0.15) is 5.82 Å². The molecule has 1 saturated heterocycles. The molecule has 0 spiro atoms. The quantitative estimate of drug-likeness (QED) is 0.550. The standard InChI is InChI=1S/C25H32FN3O4S/c1-15(2)28-25(34)29-13-19(17-10-21(31-3)23(33-5)22(11-17)32-4)20(14-29)24(30)27-12-16-6-8-18(26)9-7-16/h6-11,15,19-20H,12-14H2,1-5H3,(H,27,30)(H,28,34)/t19-,20+/m0/s1. The van der Waals surface area contributed by atoms with Crippen molar-refractivity contribution in [1.82, 2.24) is 15.5 Å². The van der Waals surface area contributed by atoms with Crippen molar-refractivity contribution in [2.45, 2.75) is 32.4 Å². The highest BCUT2D eigenvalue weighted by molar-refractivity contribution is 7.80. The Bertz CT molecular complexity index is 991. The van der Waals surface area contributed by atoms with E-state index in [1.165, 1.54) is 12.1 Å². The van der Waals surface area contributed by atoms with Crippen LogP contribution >= 0.6 is 12.2 Å². The van der Waals surface area contributed by atoms with Gasteiger partial charge in [-0.3, -0.25) is 4.79 Å². The Kier molecular flexibility index (Phi) is 8.55. The Balaban J connectivity index is 1.89. The molecule has 2 N–H and O–H groups in total. The van der Waals surface area contributed by atoms with Gasteiger partial charge in [-0.25, -0.2) is 4.39 Å². The van der Waals surface area contributed by atoms with Gasteiger partial charge >= 0.3 is 0 Å². The van der Waals surface area contributed by atoms with Crippen molar-refractivity contribution in [1.29, 1.82) is 0 Å². The van der Waals surface area contributed by atoms with Crippen molar-refractivity contribution in [3.63, 3.8) is 0 Å². The minimum atomic E-state index is -0.366. The van der Waals surface area contributed by atoms with Gasteiger partial charge in [0, 0.05) is 31.6 Å². The molecule has 2 atom stereocenters. The number of carbonyl (C=O) groups is 1. The third-order valence-corrected chi connectivity index (χ3v) is 6.23. The van der Waals surface area contributed by atoms with Crippen LogP contribution in [0.25, 0.3) is 0 Å². The molecular weight excluding hydrogens is 457 g/mol. The summed E-state index contributed by atoms with van der Waals surface area (Å²) in [7, 11) is 4.69. The lowest BCUT2D eigenvalue weighted by Crippen LogP contribution is -2.42. The molecule has 1 aliphatic rings. The van der Waals surface area contributed by atoms with Gasteiger partial charge in [-0.05, 0) is 61.5 Å². The van der Waals surface area contributed by atoms with Crippen LogP contribution < -0.4 is 24.8 Å². The van der Waals surface area contributed by atoms with Gasteiger partial charge in [-0.15, -0.1) is 0 Å². The number of halogens is 1. The fourth-order valence-corrected chi connectivity index (χ4v) is 4.53. The summed E-state index contributed by atoms with van der Waals surface area (Å²) in [6, 6.07) is 10.0. The second-order valence-corrected chi connectivity index (χ2v) is 8.91. The summed E-state index contributed by atoms with van der Waals surface area (Å²) < 4.78 is 29.7. The summed E-state index contributed by atoms with van der Waals surface area (Å²) in [5, 5.41) is 6.88. The molecule has 0 aliphatic carbocycles.